The third kappa shape index (κ3) is 2.75. The van der Waals surface area contributed by atoms with Crippen LogP contribution in [0.15, 0.2) is 30.6 Å². The lowest BCUT2D eigenvalue weighted by Crippen LogP contribution is -2.30. The number of hydrogen-bond donors (Lipinski definition) is 1. The summed E-state index contributed by atoms with van der Waals surface area (Å²) in [6.45, 7) is 3.84. The van der Waals surface area contributed by atoms with E-state index in [1.807, 2.05) is 13.8 Å². The van der Waals surface area contributed by atoms with Crippen LogP contribution < -0.4 is 9.47 Å². The molecule has 30 heavy (non-hydrogen) atoms. The summed E-state index contributed by atoms with van der Waals surface area (Å²) < 4.78 is 12.5. The molecule has 1 atom stereocenters. The number of ether oxygens (including phenoxy) is 2. The number of carbonyl (C=O) groups excluding carboxylic acids is 3. The van der Waals surface area contributed by atoms with Crippen molar-refractivity contribution in [1.82, 2.24) is 14.5 Å². The first-order valence-corrected chi connectivity index (χ1v) is 9.75. The summed E-state index contributed by atoms with van der Waals surface area (Å²) in [5.74, 6) is -1.19. The van der Waals surface area contributed by atoms with E-state index in [9.17, 15) is 14.4 Å². The number of rotatable bonds is 2. The molecule has 0 saturated carbocycles. The third-order valence-corrected chi connectivity index (χ3v) is 5.86. The molecular formula is C22H19N3O5. The molecule has 2 aromatic heterocycles. The van der Waals surface area contributed by atoms with Gasteiger partial charge < -0.3 is 14.5 Å². The smallest absolute Gasteiger partial charge is 0.336 e. The van der Waals surface area contributed by atoms with Crippen molar-refractivity contribution in [3.8, 4) is 11.5 Å². The molecule has 152 valence electrons. The zero-order valence-corrected chi connectivity index (χ0v) is 16.5. The number of carbonyl (C=O) groups is 3. The Bertz CT molecular complexity index is 1260. The van der Waals surface area contributed by atoms with E-state index in [1.54, 1.807) is 23.0 Å². The first kappa shape index (κ1) is 18.4. The fourth-order valence-corrected chi connectivity index (χ4v) is 4.34. The van der Waals surface area contributed by atoms with E-state index < -0.39 is 11.9 Å². The van der Waals surface area contributed by atoms with Crippen LogP contribution in [-0.2, 0) is 22.4 Å². The van der Waals surface area contributed by atoms with Crippen molar-refractivity contribution in [2.75, 3.05) is 0 Å². The summed E-state index contributed by atoms with van der Waals surface area (Å²) in [4.78, 5) is 44.7. The van der Waals surface area contributed by atoms with Gasteiger partial charge in [-0.05, 0) is 44.4 Å². The Labute approximate surface area is 171 Å². The van der Waals surface area contributed by atoms with Gasteiger partial charge in [0.25, 0.3) is 0 Å². The van der Waals surface area contributed by atoms with Crippen LogP contribution in [0.2, 0.25) is 0 Å². The molecule has 0 fully saturated rings. The zero-order valence-electron chi connectivity index (χ0n) is 16.5. The minimum Gasteiger partial charge on any atom is -0.419 e. The van der Waals surface area contributed by atoms with Gasteiger partial charge in [-0.3, -0.25) is 9.36 Å². The van der Waals surface area contributed by atoms with Gasteiger partial charge in [-0.15, -0.1) is 0 Å². The van der Waals surface area contributed by atoms with Crippen molar-refractivity contribution >= 4 is 28.7 Å². The number of imidazole rings is 1. The second kappa shape index (κ2) is 6.69. The van der Waals surface area contributed by atoms with Crippen LogP contribution in [-0.4, -0.2) is 32.4 Å². The molecule has 3 aromatic rings. The molecule has 5 rings (SSSR count). The molecule has 0 aliphatic carbocycles. The van der Waals surface area contributed by atoms with E-state index in [4.69, 9.17) is 9.47 Å². The first-order valence-electron chi connectivity index (χ1n) is 9.75. The topological polar surface area (TPSA) is 103 Å². The Morgan fingerprint density at radius 1 is 1.13 bits per heavy atom. The zero-order chi connectivity index (χ0) is 21.0. The van der Waals surface area contributed by atoms with E-state index in [2.05, 4.69) is 9.97 Å². The quantitative estimate of drug-likeness (QED) is 0.519. The number of nitrogens with one attached hydrogen (secondary N) is 1. The van der Waals surface area contributed by atoms with Gasteiger partial charge >= 0.3 is 11.9 Å². The lowest BCUT2D eigenvalue weighted by molar-refractivity contribution is -0.133. The summed E-state index contributed by atoms with van der Waals surface area (Å²) in [5.41, 5.74) is 4.23. The molecule has 1 unspecified atom stereocenters. The van der Waals surface area contributed by atoms with E-state index >= 15 is 0 Å². The number of hydrogen-bond acceptors (Lipinski definition) is 6. The summed E-state index contributed by atoms with van der Waals surface area (Å²) in [7, 11) is 0. The Morgan fingerprint density at radius 2 is 1.90 bits per heavy atom. The molecule has 0 bridgehead atoms. The van der Waals surface area contributed by atoms with Crippen LogP contribution in [0, 0.1) is 19.8 Å². The highest BCUT2D eigenvalue weighted by Crippen LogP contribution is 2.43. The van der Waals surface area contributed by atoms with Crippen molar-refractivity contribution in [1.29, 1.82) is 0 Å². The van der Waals surface area contributed by atoms with E-state index in [1.165, 1.54) is 0 Å². The van der Waals surface area contributed by atoms with Crippen LogP contribution in [0.3, 0.4) is 0 Å². The Hall–Kier alpha value is -3.68. The second-order valence-corrected chi connectivity index (χ2v) is 7.62. The van der Waals surface area contributed by atoms with Gasteiger partial charge in [0.1, 0.15) is 0 Å². The van der Waals surface area contributed by atoms with E-state index in [0.29, 0.717) is 30.2 Å². The fourth-order valence-electron chi connectivity index (χ4n) is 4.34. The Balaban J connectivity index is 1.63. The molecule has 0 radical (unpaired) electrons. The van der Waals surface area contributed by atoms with Crippen LogP contribution in [0.4, 0.5) is 0 Å². The summed E-state index contributed by atoms with van der Waals surface area (Å²) >= 11 is 0. The van der Waals surface area contributed by atoms with Gasteiger partial charge in [0.15, 0.2) is 11.5 Å². The van der Waals surface area contributed by atoms with Gasteiger partial charge in [-0.2, -0.15) is 0 Å². The molecule has 1 aromatic carbocycles. The minimum atomic E-state index is -0.665. The van der Waals surface area contributed by atoms with Crippen molar-refractivity contribution in [2.45, 2.75) is 33.1 Å². The Morgan fingerprint density at radius 3 is 2.63 bits per heavy atom. The summed E-state index contributed by atoms with van der Waals surface area (Å²) in [6.07, 6.45) is 5.68. The minimum absolute atomic E-state index is 0.00855. The number of aromatic nitrogens is 3. The highest BCUT2D eigenvalue weighted by atomic mass is 16.6. The van der Waals surface area contributed by atoms with E-state index in [-0.39, 0.29) is 23.3 Å². The van der Waals surface area contributed by atoms with Crippen LogP contribution in [0.1, 0.15) is 33.9 Å². The number of H-pyrrole nitrogens is 1. The molecule has 8 heteroatoms. The molecule has 2 aliphatic heterocycles. The highest BCUT2D eigenvalue weighted by molar-refractivity contribution is 6.04. The monoisotopic (exact) mass is 405 g/mol. The average Bonchev–Trinajstić information content (AvgIpc) is 3.24. The SMILES string of the molecule is Cc1[nH]cnc1CC1CCc2c(C)c3c4c(ccc3n2C1=O)OC(=O)/C=C\C(=O)O4. The van der Waals surface area contributed by atoms with Crippen molar-refractivity contribution in [3.63, 3.8) is 0 Å². The molecular weight excluding hydrogens is 386 g/mol. The molecule has 8 nitrogen and oxygen atoms in total. The van der Waals surface area contributed by atoms with Crippen LogP contribution in [0.5, 0.6) is 11.5 Å². The molecule has 4 heterocycles. The molecule has 2 aliphatic rings. The predicted molar refractivity (Wildman–Crippen MR) is 107 cm³/mol. The number of nitrogens with zero attached hydrogens (tertiary/aromatic N) is 2. The fraction of sp³-hybridized carbons (Fsp3) is 0.273. The van der Waals surface area contributed by atoms with Crippen molar-refractivity contribution < 1.29 is 23.9 Å². The van der Waals surface area contributed by atoms with Gasteiger partial charge in [0, 0.05) is 35.9 Å². The third-order valence-electron chi connectivity index (χ3n) is 5.86. The van der Waals surface area contributed by atoms with Crippen LogP contribution in [0.25, 0.3) is 10.9 Å². The molecule has 0 spiro atoms. The molecule has 0 amide bonds. The largest absolute Gasteiger partial charge is 0.419 e. The summed E-state index contributed by atoms with van der Waals surface area (Å²) in [5, 5.41) is 0.615. The molecule has 1 N–H and O–H groups in total. The number of fused-ring (bicyclic) bond motifs is 5. The standard InChI is InChI=1S/C22H19N3O5/c1-11-15-4-3-13(9-14-12(2)23-10-24-14)22(28)25(15)16-5-6-17-21(20(11)16)30-19(27)8-7-18(26)29-17/h5-8,10,13H,3-4,9H2,1-2H3,(H,23,24)/b8-7-. The molecule has 0 saturated heterocycles. The maximum absolute atomic E-state index is 13.4. The number of aryl methyl sites for hydroxylation is 2. The van der Waals surface area contributed by atoms with Gasteiger partial charge in [-0.1, -0.05) is 0 Å². The van der Waals surface area contributed by atoms with Crippen molar-refractivity contribution in [2.24, 2.45) is 5.92 Å². The van der Waals surface area contributed by atoms with Crippen LogP contribution >= 0.6 is 0 Å². The maximum Gasteiger partial charge on any atom is 0.336 e. The van der Waals surface area contributed by atoms with Gasteiger partial charge in [0.05, 0.1) is 22.9 Å². The van der Waals surface area contributed by atoms with Gasteiger partial charge in [0.2, 0.25) is 5.91 Å². The lowest BCUT2D eigenvalue weighted by atomic mass is 9.91. The highest BCUT2D eigenvalue weighted by Gasteiger charge is 2.33. The second-order valence-electron chi connectivity index (χ2n) is 7.62. The van der Waals surface area contributed by atoms with E-state index in [0.717, 1.165) is 34.8 Å². The van der Waals surface area contributed by atoms with Gasteiger partial charge in [-0.25, -0.2) is 14.6 Å². The average molecular weight is 405 g/mol. The predicted octanol–water partition coefficient (Wildman–Crippen LogP) is 2.81. The number of esters is 2. The summed E-state index contributed by atoms with van der Waals surface area (Å²) in [6, 6.07) is 3.29. The number of benzene rings is 1. The maximum atomic E-state index is 13.4. The first-order chi connectivity index (χ1) is 14.4. The number of aromatic amines is 1. The lowest BCUT2D eigenvalue weighted by Gasteiger charge is -2.24. The normalized spacial score (nSPS) is 19.5. The van der Waals surface area contributed by atoms with Crippen molar-refractivity contribution in [3.05, 3.63) is 53.3 Å². The Kier molecular flexibility index (Phi) is 4.09.